The molecule has 2 heterocycles. The second kappa shape index (κ2) is 9.63. The molecule has 1 aromatic heterocycles. The number of benzene rings is 1. The molecule has 1 saturated heterocycles. The minimum atomic E-state index is -0.821. The van der Waals surface area contributed by atoms with Gasteiger partial charge in [-0.1, -0.05) is 25.5 Å². The molecule has 0 saturated carbocycles. The van der Waals surface area contributed by atoms with Crippen molar-refractivity contribution in [2.45, 2.75) is 32.7 Å². The van der Waals surface area contributed by atoms with Crippen molar-refractivity contribution in [3.05, 3.63) is 59.1 Å². The van der Waals surface area contributed by atoms with Gasteiger partial charge in [0, 0.05) is 19.2 Å². The number of rotatable bonds is 9. The molecule has 160 valence electrons. The van der Waals surface area contributed by atoms with Crippen molar-refractivity contribution >= 4 is 17.4 Å². The molecule has 0 spiro atoms. The zero-order chi connectivity index (χ0) is 21.7. The van der Waals surface area contributed by atoms with Crippen LogP contribution in [0.15, 0.2) is 46.4 Å². The van der Waals surface area contributed by atoms with Crippen molar-refractivity contribution in [3.8, 4) is 5.75 Å². The highest BCUT2D eigenvalue weighted by Gasteiger charge is 2.47. The summed E-state index contributed by atoms with van der Waals surface area (Å²) in [5.41, 5.74) is 0.401. The molecule has 1 atom stereocenters. The summed E-state index contributed by atoms with van der Waals surface area (Å²) in [7, 11) is 1.52. The van der Waals surface area contributed by atoms with Crippen LogP contribution >= 0.6 is 0 Å². The van der Waals surface area contributed by atoms with E-state index >= 15 is 0 Å². The topological polar surface area (TPSA) is 89.2 Å². The number of likely N-dealkylation sites (tertiary alicyclic amines) is 1. The molecule has 1 aliphatic rings. The minimum Gasteiger partial charge on any atom is -0.507 e. The maximum absolute atomic E-state index is 12.9. The van der Waals surface area contributed by atoms with E-state index in [4.69, 9.17) is 13.9 Å². The first-order chi connectivity index (χ1) is 14.5. The number of ketones is 1. The molecule has 1 unspecified atom stereocenters. The summed E-state index contributed by atoms with van der Waals surface area (Å²) < 4.78 is 16.5. The van der Waals surface area contributed by atoms with E-state index in [1.807, 2.05) is 0 Å². The Bertz CT molecular complexity index is 945. The van der Waals surface area contributed by atoms with Gasteiger partial charge in [-0.3, -0.25) is 9.59 Å². The second-order valence-electron chi connectivity index (χ2n) is 7.16. The van der Waals surface area contributed by atoms with Crippen molar-refractivity contribution < 1.29 is 28.6 Å². The summed E-state index contributed by atoms with van der Waals surface area (Å²) in [6.45, 7) is 4.87. The van der Waals surface area contributed by atoms with E-state index in [-0.39, 0.29) is 24.5 Å². The van der Waals surface area contributed by atoms with Gasteiger partial charge in [0.1, 0.15) is 29.1 Å². The number of unbranched alkanes of at least 4 members (excludes halogenated alkanes) is 1. The number of carbonyl (C=O) groups is 2. The van der Waals surface area contributed by atoms with Crippen LogP contribution in [0, 0.1) is 6.92 Å². The third kappa shape index (κ3) is 4.41. The van der Waals surface area contributed by atoms with Gasteiger partial charge in [-0.15, -0.1) is 0 Å². The third-order valence-corrected chi connectivity index (χ3v) is 4.98. The van der Waals surface area contributed by atoms with Crippen molar-refractivity contribution in [1.29, 1.82) is 0 Å². The number of carbonyl (C=O) groups excluding carboxylic acids is 2. The van der Waals surface area contributed by atoms with Crippen LogP contribution in [0.25, 0.3) is 5.76 Å². The largest absolute Gasteiger partial charge is 0.507 e. The van der Waals surface area contributed by atoms with E-state index in [9.17, 15) is 14.7 Å². The molecule has 1 aliphatic heterocycles. The van der Waals surface area contributed by atoms with E-state index in [0.29, 0.717) is 29.4 Å². The molecular weight excluding hydrogens is 386 g/mol. The van der Waals surface area contributed by atoms with Gasteiger partial charge >= 0.3 is 0 Å². The Labute approximate surface area is 175 Å². The Morgan fingerprint density at radius 2 is 2.00 bits per heavy atom. The number of hydrogen-bond donors (Lipinski definition) is 1. The SMILES string of the molecule is CCCCOc1cccc(C(O)=C2C(=O)C(=O)N(CCOC)C2c2ccc(C)o2)c1. The van der Waals surface area contributed by atoms with Crippen molar-refractivity contribution in [3.63, 3.8) is 0 Å². The van der Waals surface area contributed by atoms with Crippen molar-refractivity contribution in [1.82, 2.24) is 4.90 Å². The van der Waals surface area contributed by atoms with E-state index in [2.05, 4.69) is 6.92 Å². The lowest BCUT2D eigenvalue weighted by atomic mass is 9.99. The van der Waals surface area contributed by atoms with Crippen molar-refractivity contribution in [2.75, 3.05) is 26.9 Å². The van der Waals surface area contributed by atoms with Crippen molar-refractivity contribution in [2.24, 2.45) is 0 Å². The number of aryl methyl sites for hydroxylation is 1. The van der Waals surface area contributed by atoms with Gasteiger partial charge in [0.15, 0.2) is 0 Å². The smallest absolute Gasteiger partial charge is 0.295 e. The Hall–Kier alpha value is -3.06. The Morgan fingerprint density at radius 3 is 2.67 bits per heavy atom. The average molecular weight is 413 g/mol. The molecule has 0 aliphatic carbocycles. The summed E-state index contributed by atoms with van der Waals surface area (Å²) in [4.78, 5) is 26.9. The molecule has 0 bridgehead atoms. The zero-order valence-electron chi connectivity index (χ0n) is 17.5. The number of furan rings is 1. The normalized spacial score (nSPS) is 18.2. The number of ether oxygens (including phenoxy) is 2. The van der Waals surface area contributed by atoms with Gasteiger partial charge in [0.05, 0.1) is 18.8 Å². The van der Waals surface area contributed by atoms with E-state index < -0.39 is 17.7 Å². The first-order valence-electron chi connectivity index (χ1n) is 10.0. The predicted molar refractivity (Wildman–Crippen MR) is 111 cm³/mol. The van der Waals surface area contributed by atoms with Crippen LogP contribution < -0.4 is 4.74 Å². The lowest BCUT2D eigenvalue weighted by molar-refractivity contribution is -0.140. The summed E-state index contributed by atoms with van der Waals surface area (Å²) >= 11 is 0. The van der Waals surface area contributed by atoms with E-state index in [1.165, 1.54) is 12.0 Å². The van der Waals surface area contributed by atoms with Gasteiger partial charge in [0.2, 0.25) is 0 Å². The van der Waals surface area contributed by atoms with Crippen LogP contribution in [0.3, 0.4) is 0 Å². The molecule has 7 nitrogen and oxygen atoms in total. The zero-order valence-corrected chi connectivity index (χ0v) is 17.5. The predicted octanol–water partition coefficient (Wildman–Crippen LogP) is 3.84. The summed E-state index contributed by atoms with van der Waals surface area (Å²) in [5, 5.41) is 11.0. The molecule has 2 aromatic rings. The number of hydrogen-bond acceptors (Lipinski definition) is 6. The standard InChI is InChI=1S/C23H27NO6/c1-4-5-12-29-17-8-6-7-16(14-17)21(25)19-20(18-10-9-15(2)30-18)24(11-13-28-3)23(27)22(19)26/h6-10,14,20,25H,4-5,11-13H2,1-3H3. The lowest BCUT2D eigenvalue weighted by Gasteiger charge is -2.22. The summed E-state index contributed by atoms with van der Waals surface area (Å²) in [6, 6.07) is 9.52. The fourth-order valence-electron chi connectivity index (χ4n) is 3.42. The molecular formula is C23H27NO6. The number of Topliss-reactive ketones (excluding diaryl/α,β-unsaturated/α-hetero) is 1. The van der Waals surface area contributed by atoms with Crippen LogP contribution in [-0.2, 0) is 14.3 Å². The monoisotopic (exact) mass is 413 g/mol. The quantitative estimate of drug-likeness (QED) is 0.291. The maximum atomic E-state index is 12.9. The van der Waals surface area contributed by atoms with Gasteiger partial charge in [0.25, 0.3) is 11.7 Å². The van der Waals surface area contributed by atoms with Crippen LogP contribution in [0.4, 0.5) is 0 Å². The number of aliphatic hydroxyl groups is 1. The van der Waals surface area contributed by atoms with E-state index in [0.717, 1.165) is 12.8 Å². The number of amides is 1. The van der Waals surface area contributed by atoms with Gasteiger partial charge in [-0.05, 0) is 37.6 Å². The third-order valence-electron chi connectivity index (χ3n) is 4.98. The summed E-state index contributed by atoms with van der Waals surface area (Å²) in [6.07, 6.45) is 1.92. The van der Waals surface area contributed by atoms with Crippen LogP contribution in [0.5, 0.6) is 5.75 Å². The molecule has 1 amide bonds. The first-order valence-corrected chi connectivity index (χ1v) is 10.0. The lowest BCUT2D eigenvalue weighted by Crippen LogP contribution is -2.32. The van der Waals surface area contributed by atoms with E-state index in [1.54, 1.807) is 43.3 Å². The number of aliphatic hydroxyl groups excluding tert-OH is 1. The summed E-state index contributed by atoms with van der Waals surface area (Å²) in [5.74, 6) is -0.0453. The van der Waals surface area contributed by atoms with Gasteiger partial charge < -0.3 is 23.9 Å². The first kappa shape index (κ1) is 21.6. The minimum absolute atomic E-state index is 0.00355. The molecule has 7 heteroatoms. The molecule has 30 heavy (non-hydrogen) atoms. The molecule has 0 radical (unpaired) electrons. The number of nitrogens with zero attached hydrogens (tertiary/aromatic N) is 1. The highest BCUT2D eigenvalue weighted by molar-refractivity contribution is 6.46. The highest BCUT2D eigenvalue weighted by atomic mass is 16.5. The number of methoxy groups -OCH3 is 1. The van der Waals surface area contributed by atoms with Gasteiger partial charge in [-0.25, -0.2) is 0 Å². The fourth-order valence-corrected chi connectivity index (χ4v) is 3.42. The Kier molecular flexibility index (Phi) is 6.95. The molecule has 1 fully saturated rings. The Balaban J connectivity index is 2.03. The average Bonchev–Trinajstić information content (AvgIpc) is 3.28. The Morgan fingerprint density at radius 1 is 1.20 bits per heavy atom. The molecule has 1 N–H and O–H groups in total. The van der Waals surface area contributed by atoms with Crippen LogP contribution in [-0.4, -0.2) is 48.6 Å². The molecule has 1 aromatic carbocycles. The molecule has 3 rings (SSSR count). The fraction of sp³-hybridized carbons (Fsp3) is 0.391. The highest BCUT2D eigenvalue weighted by Crippen LogP contribution is 2.40. The van der Waals surface area contributed by atoms with Crippen LogP contribution in [0.2, 0.25) is 0 Å². The van der Waals surface area contributed by atoms with Crippen LogP contribution in [0.1, 0.15) is 42.9 Å². The maximum Gasteiger partial charge on any atom is 0.295 e. The second-order valence-corrected chi connectivity index (χ2v) is 7.16. The van der Waals surface area contributed by atoms with Gasteiger partial charge in [-0.2, -0.15) is 0 Å².